The minimum atomic E-state index is 0.378. The van der Waals surface area contributed by atoms with Crippen LogP contribution >= 0.6 is 11.3 Å². The molecular weight excluding hydrogens is 278 g/mol. The van der Waals surface area contributed by atoms with Crippen LogP contribution in [-0.2, 0) is 17.9 Å². The van der Waals surface area contributed by atoms with Crippen molar-refractivity contribution in [1.29, 1.82) is 0 Å². The lowest BCUT2D eigenvalue weighted by Crippen LogP contribution is -2.12. The van der Waals surface area contributed by atoms with Crippen LogP contribution in [0.2, 0.25) is 0 Å². The molecule has 1 aromatic heterocycles. The van der Waals surface area contributed by atoms with E-state index in [1.165, 1.54) is 53.8 Å². The second kappa shape index (κ2) is 11.2. The first-order valence-corrected chi connectivity index (χ1v) is 9.39. The second-order valence-corrected chi connectivity index (χ2v) is 7.28. The summed E-state index contributed by atoms with van der Waals surface area (Å²) in [4.78, 5) is 2.83. The van der Waals surface area contributed by atoms with Gasteiger partial charge in [-0.1, -0.05) is 39.5 Å². The number of unbranched alkanes of at least 4 members (excludes halogenated alkanes) is 3. The molecule has 0 amide bonds. The molecule has 1 rings (SSSR count). The Kier molecular flexibility index (Phi) is 9.98. The summed E-state index contributed by atoms with van der Waals surface area (Å²) in [6, 6.07) is 2.31. The van der Waals surface area contributed by atoms with Crippen LogP contribution in [0.25, 0.3) is 0 Å². The van der Waals surface area contributed by atoms with Gasteiger partial charge in [-0.05, 0) is 44.9 Å². The highest BCUT2D eigenvalue weighted by molar-refractivity contribution is 7.12. The maximum Gasteiger partial charge on any atom is 0.0731 e. The Morgan fingerprint density at radius 3 is 2.71 bits per heavy atom. The summed E-state index contributed by atoms with van der Waals surface area (Å²) >= 11 is 1.90. The summed E-state index contributed by atoms with van der Waals surface area (Å²) in [5.74, 6) is 0. The topological polar surface area (TPSA) is 21.3 Å². The first kappa shape index (κ1) is 18.7. The molecule has 0 spiro atoms. The zero-order valence-electron chi connectivity index (χ0n) is 14.3. The molecule has 1 atom stereocenters. The molecule has 0 saturated carbocycles. The molecule has 122 valence electrons. The van der Waals surface area contributed by atoms with Gasteiger partial charge in [0.15, 0.2) is 0 Å². The van der Waals surface area contributed by atoms with Crippen molar-refractivity contribution < 1.29 is 4.74 Å². The van der Waals surface area contributed by atoms with E-state index in [0.717, 1.165) is 19.7 Å². The maximum absolute atomic E-state index is 6.01. The summed E-state index contributed by atoms with van der Waals surface area (Å²) in [6.07, 6.45) is 8.05. The van der Waals surface area contributed by atoms with E-state index in [0.29, 0.717) is 6.10 Å². The molecule has 0 aliphatic heterocycles. The summed E-state index contributed by atoms with van der Waals surface area (Å²) < 4.78 is 6.01. The van der Waals surface area contributed by atoms with Crippen molar-refractivity contribution in [3.05, 3.63) is 21.4 Å². The summed E-state index contributed by atoms with van der Waals surface area (Å²) in [5.41, 5.74) is 1.37. The van der Waals surface area contributed by atoms with Crippen LogP contribution in [0.3, 0.4) is 0 Å². The molecule has 1 N–H and O–H groups in total. The van der Waals surface area contributed by atoms with Crippen molar-refractivity contribution >= 4 is 11.3 Å². The van der Waals surface area contributed by atoms with Crippen molar-refractivity contribution in [3.8, 4) is 0 Å². The lowest BCUT2D eigenvalue weighted by molar-refractivity contribution is 0.0458. The fraction of sp³-hybridized carbons (Fsp3) is 0.778. The first-order chi connectivity index (χ1) is 10.2. The molecule has 2 nitrogen and oxygen atoms in total. The normalized spacial score (nSPS) is 12.8. The molecule has 0 saturated heterocycles. The molecule has 0 aliphatic carbocycles. The smallest absolute Gasteiger partial charge is 0.0731 e. The standard InChI is InChI=1S/C18H33NOS/c1-5-7-8-9-10-15(3)20-14-17-12-18(21-16(17)4)13-19-11-6-2/h12,15,19H,5-11,13-14H2,1-4H3. The highest BCUT2D eigenvalue weighted by Crippen LogP contribution is 2.23. The van der Waals surface area contributed by atoms with Crippen LogP contribution in [0.15, 0.2) is 6.07 Å². The Labute approximate surface area is 135 Å². The summed E-state index contributed by atoms with van der Waals surface area (Å²) in [7, 11) is 0. The van der Waals surface area contributed by atoms with Crippen molar-refractivity contribution in [1.82, 2.24) is 5.32 Å². The van der Waals surface area contributed by atoms with Gasteiger partial charge in [-0.3, -0.25) is 0 Å². The lowest BCUT2D eigenvalue weighted by atomic mass is 10.1. The predicted molar refractivity (Wildman–Crippen MR) is 94.1 cm³/mol. The fourth-order valence-corrected chi connectivity index (χ4v) is 3.40. The Balaban J connectivity index is 2.27. The average molecular weight is 312 g/mol. The van der Waals surface area contributed by atoms with E-state index >= 15 is 0 Å². The van der Waals surface area contributed by atoms with Gasteiger partial charge < -0.3 is 10.1 Å². The molecule has 1 aromatic rings. The van der Waals surface area contributed by atoms with E-state index in [1.807, 2.05) is 11.3 Å². The second-order valence-electron chi connectivity index (χ2n) is 5.94. The van der Waals surface area contributed by atoms with Crippen LogP contribution in [0.4, 0.5) is 0 Å². The Hall–Kier alpha value is -0.380. The summed E-state index contributed by atoms with van der Waals surface area (Å²) in [5, 5.41) is 3.47. The molecule has 0 aromatic carbocycles. The van der Waals surface area contributed by atoms with Gasteiger partial charge >= 0.3 is 0 Å². The molecule has 0 radical (unpaired) electrons. The summed E-state index contributed by atoms with van der Waals surface area (Å²) in [6.45, 7) is 11.7. The molecule has 0 fully saturated rings. The minimum absolute atomic E-state index is 0.378. The van der Waals surface area contributed by atoms with Crippen LogP contribution in [0, 0.1) is 6.92 Å². The van der Waals surface area contributed by atoms with E-state index in [4.69, 9.17) is 4.74 Å². The number of hydrogen-bond donors (Lipinski definition) is 1. The van der Waals surface area contributed by atoms with Gasteiger partial charge in [0, 0.05) is 16.3 Å². The Morgan fingerprint density at radius 2 is 2.00 bits per heavy atom. The highest BCUT2D eigenvalue weighted by Gasteiger charge is 2.08. The van der Waals surface area contributed by atoms with E-state index in [-0.39, 0.29) is 0 Å². The SMILES string of the molecule is CCCCCCC(C)OCc1cc(CNCCC)sc1C. The quantitative estimate of drug-likeness (QED) is 0.520. The van der Waals surface area contributed by atoms with Crippen molar-refractivity contribution in [2.24, 2.45) is 0 Å². The van der Waals surface area contributed by atoms with Gasteiger partial charge in [0.05, 0.1) is 12.7 Å². The van der Waals surface area contributed by atoms with Crippen LogP contribution in [-0.4, -0.2) is 12.6 Å². The zero-order chi connectivity index (χ0) is 15.5. The number of aryl methyl sites for hydroxylation is 1. The van der Waals surface area contributed by atoms with Crippen LogP contribution < -0.4 is 5.32 Å². The average Bonchev–Trinajstić information content (AvgIpc) is 2.82. The largest absolute Gasteiger partial charge is 0.374 e. The van der Waals surface area contributed by atoms with E-state index < -0.39 is 0 Å². The fourth-order valence-electron chi connectivity index (χ4n) is 2.38. The van der Waals surface area contributed by atoms with E-state index in [2.05, 4.69) is 39.1 Å². The monoisotopic (exact) mass is 311 g/mol. The lowest BCUT2D eigenvalue weighted by Gasteiger charge is -2.12. The number of hydrogen-bond acceptors (Lipinski definition) is 3. The number of thiophene rings is 1. The van der Waals surface area contributed by atoms with Crippen LogP contribution in [0.1, 0.15) is 74.6 Å². The Bertz CT molecular complexity index is 375. The van der Waals surface area contributed by atoms with Gasteiger partial charge in [-0.15, -0.1) is 11.3 Å². The number of nitrogens with one attached hydrogen (secondary N) is 1. The highest BCUT2D eigenvalue weighted by atomic mass is 32.1. The van der Waals surface area contributed by atoms with Crippen molar-refractivity contribution in [3.63, 3.8) is 0 Å². The zero-order valence-corrected chi connectivity index (χ0v) is 15.2. The molecule has 21 heavy (non-hydrogen) atoms. The minimum Gasteiger partial charge on any atom is -0.374 e. The third kappa shape index (κ3) is 7.98. The first-order valence-electron chi connectivity index (χ1n) is 8.57. The van der Waals surface area contributed by atoms with Gasteiger partial charge in [0.2, 0.25) is 0 Å². The third-order valence-electron chi connectivity index (χ3n) is 3.79. The molecule has 0 aliphatic rings. The van der Waals surface area contributed by atoms with Crippen molar-refractivity contribution in [2.45, 2.75) is 85.5 Å². The number of rotatable bonds is 12. The molecule has 1 unspecified atom stereocenters. The molecule has 0 bridgehead atoms. The van der Waals surface area contributed by atoms with Gasteiger partial charge in [-0.2, -0.15) is 0 Å². The molecular formula is C18H33NOS. The number of ether oxygens (including phenoxy) is 1. The molecule has 3 heteroatoms. The van der Waals surface area contributed by atoms with Crippen LogP contribution in [0.5, 0.6) is 0 Å². The van der Waals surface area contributed by atoms with E-state index in [1.54, 1.807) is 0 Å². The third-order valence-corrected chi connectivity index (χ3v) is 4.88. The maximum atomic E-state index is 6.01. The van der Waals surface area contributed by atoms with Gasteiger partial charge in [-0.25, -0.2) is 0 Å². The Morgan fingerprint density at radius 1 is 1.19 bits per heavy atom. The predicted octanol–water partition coefficient (Wildman–Crippen LogP) is 5.43. The van der Waals surface area contributed by atoms with Gasteiger partial charge in [0.1, 0.15) is 0 Å². The van der Waals surface area contributed by atoms with Crippen molar-refractivity contribution in [2.75, 3.05) is 6.54 Å². The van der Waals surface area contributed by atoms with E-state index in [9.17, 15) is 0 Å². The van der Waals surface area contributed by atoms with Gasteiger partial charge in [0.25, 0.3) is 0 Å². The molecule has 1 heterocycles.